The van der Waals surface area contributed by atoms with Crippen LogP contribution in [0.25, 0.3) is 33.7 Å². The predicted molar refractivity (Wildman–Crippen MR) is 114 cm³/mol. The van der Waals surface area contributed by atoms with Gasteiger partial charge in [0.2, 0.25) is 0 Å². The van der Waals surface area contributed by atoms with Crippen molar-refractivity contribution >= 4 is 22.4 Å². The lowest BCUT2D eigenvalue weighted by molar-refractivity contribution is 1.32. The topological polar surface area (TPSA) is 53.6 Å². The molecule has 28 heavy (non-hydrogen) atoms. The van der Waals surface area contributed by atoms with Gasteiger partial charge >= 0.3 is 0 Å². The molecule has 0 aliphatic heterocycles. The van der Waals surface area contributed by atoms with Crippen molar-refractivity contribution in [2.45, 2.75) is 0 Å². The molecule has 5 rings (SSSR count). The highest BCUT2D eigenvalue weighted by Crippen LogP contribution is 2.26. The fraction of sp³-hybridized carbons (Fsp3) is 0. The monoisotopic (exact) mass is 362 g/mol. The Kier molecular flexibility index (Phi) is 4.07. The standard InChI is InChI=1S/C24H18N4/c1-2-10-23-22(9-1)27-24(28-23)18-6-5-7-20(16-18)26-19-13-11-17(12-14-19)21-8-3-4-15-25-21/h1-16,26H,(H,27,28). The molecule has 134 valence electrons. The van der Waals surface area contributed by atoms with E-state index in [1.807, 2.05) is 54.7 Å². The molecule has 0 aliphatic rings. The van der Waals surface area contributed by atoms with E-state index in [0.29, 0.717) is 0 Å². The highest BCUT2D eigenvalue weighted by atomic mass is 14.9. The Morgan fingerprint density at radius 2 is 1.54 bits per heavy atom. The number of pyridine rings is 1. The number of para-hydroxylation sites is 2. The van der Waals surface area contributed by atoms with Gasteiger partial charge in [-0.1, -0.05) is 42.5 Å². The summed E-state index contributed by atoms with van der Waals surface area (Å²) in [6, 6.07) is 30.5. The zero-order valence-corrected chi connectivity index (χ0v) is 15.1. The number of rotatable bonds is 4. The summed E-state index contributed by atoms with van der Waals surface area (Å²) in [7, 11) is 0. The molecule has 0 radical (unpaired) electrons. The average molecular weight is 362 g/mol. The van der Waals surface area contributed by atoms with Gasteiger partial charge in [0.15, 0.2) is 0 Å². The minimum absolute atomic E-state index is 0.871. The van der Waals surface area contributed by atoms with Gasteiger partial charge in [0.25, 0.3) is 0 Å². The molecule has 4 nitrogen and oxygen atoms in total. The van der Waals surface area contributed by atoms with E-state index >= 15 is 0 Å². The maximum atomic E-state index is 4.69. The van der Waals surface area contributed by atoms with Crippen molar-refractivity contribution in [2.24, 2.45) is 0 Å². The van der Waals surface area contributed by atoms with E-state index in [1.54, 1.807) is 0 Å². The number of fused-ring (bicyclic) bond motifs is 1. The molecular formula is C24H18N4. The third kappa shape index (κ3) is 3.23. The molecule has 0 saturated heterocycles. The van der Waals surface area contributed by atoms with E-state index in [0.717, 1.165) is 45.1 Å². The molecular weight excluding hydrogens is 344 g/mol. The van der Waals surface area contributed by atoms with E-state index in [-0.39, 0.29) is 0 Å². The second kappa shape index (κ2) is 7.00. The second-order valence-corrected chi connectivity index (χ2v) is 6.60. The third-order valence-corrected chi connectivity index (χ3v) is 4.66. The Morgan fingerprint density at radius 1 is 0.679 bits per heavy atom. The molecule has 0 amide bonds. The first kappa shape index (κ1) is 16.3. The average Bonchev–Trinajstić information content (AvgIpc) is 3.20. The molecule has 0 bridgehead atoms. The minimum Gasteiger partial charge on any atom is -0.356 e. The van der Waals surface area contributed by atoms with Crippen molar-refractivity contribution in [1.29, 1.82) is 0 Å². The first-order valence-corrected chi connectivity index (χ1v) is 9.19. The maximum absolute atomic E-state index is 4.69. The summed E-state index contributed by atoms with van der Waals surface area (Å²) in [6.45, 7) is 0. The van der Waals surface area contributed by atoms with Gasteiger partial charge in [-0.25, -0.2) is 4.98 Å². The second-order valence-electron chi connectivity index (χ2n) is 6.60. The molecule has 0 spiro atoms. The van der Waals surface area contributed by atoms with Crippen molar-refractivity contribution in [1.82, 2.24) is 15.0 Å². The number of H-pyrrole nitrogens is 1. The molecule has 0 aliphatic carbocycles. The minimum atomic E-state index is 0.871. The van der Waals surface area contributed by atoms with Crippen LogP contribution >= 0.6 is 0 Å². The molecule has 0 unspecified atom stereocenters. The van der Waals surface area contributed by atoms with Crippen LogP contribution in [0.3, 0.4) is 0 Å². The van der Waals surface area contributed by atoms with Gasteiger partial charge in [0.05, 0.1) is 16.7 Å². The van der Waals surface area contributed by atoms with E-state index in [4.69, 9.17) is 0 Å². The summed E-state index contributed by atoms with van der Waals surface area (Å²) in [5.74, 6) is 0.871. The predicted octanol–water partition coefficient (Wildman–Crippen LogP) is 6.04. The van der Waals surface area contributed by atoms with E-state index in [1.165, 1.54) is 0 Å². The SMILES string of the molecule is c1ccc(-c2ccc(Nc3cccc(-c4nc5ccccc5[nH]4)c3)cc2)nc1. The van der Waals surface area contributed by atoms with E-state index in [2.05, 4.69) is 62.7 Å². The molecule has 2 N–H and O–H groups in total. The molecule has 0 saturated carbocycles. The summed E-state index contributed by atoms with van der Waals surface area (Å²) >= 11 is 0. The van der Waals surface area contributed by atoms with Crippen LogP contribution in [0.1, 0.15) is 0 Å². The number of anilines is 2. The molecule has 0 atom stereocenters. The fourth-order valence-corrected chi connectivity index (χ4v) is 3.26. The number of benzene rings is 3. The maximum Gasteiger partial charge on any atom is 0.138 e. The van der Waals surface area contributed by atoms with Crippen LogP contribution in [-0.4, -0.2) is 15.0 Å². The van der Waals surface area contributed by atoms with E-state index in [9.17, 15) is 0 Å². The van der Waals surface area contributed by atoms with Crippen molar-refractivity contribution in [3.63, 3.8) is 0 Å². The van der Waals surface area contributed by atoms with Crippen LogP contribution in [0.15, 0.2) is 97.2 Å². The zero-order chi connectivity index (χ0) is 18.8. The molecule has 5 aromatic rings. The number of aromatic amines is 1. The molecule has 4 heteroatoms. The van der Waals surface area contributed by atoms with Gasteiger partial charge in [-0.2, -0.15) is 0 Å². The van der Waals surface area contributed by atoms with Gasteiger partial charge in [-0.3, -0.25) is 4.98 Å². The Hall–Kier alpha value is -3.92. The summed E-state index contributed by atoms with van der Waals surface area (Å²) < 4.78 is 0. The van der Waals surface area contributed by atoms with Gasteiger partial charge in [-0.15, -0.1) is 0 Å². The first-order valence-electron chi connectivity index (χ1n) is 9.19. The summed E-state index contributed by atoms with van der Waals surface area (Å²) in [6.07, 6.45) is 1.81. The lowest BCUT2D eigenvalue weighted by Crippen LogP contribution is -1.91. The number of nitrogens with one attached hydrogen (secondary N) is 2. The number of hydrogen-bond acceptors (Lipinski definition) is 3. The number of imidazole rings is 1. The lowest BCUT2D eigenvalue weighted by Gasteiger charge is -2.09. The largest absolute Gasteiger partial charge is 0.356 e. The molecule has 0 fully saturated rings. The molecule has 2 aromatic heterocycles. The van der Waals surface area contributed by atoms with Crippen molar-refractivity contribution in [2.75, 3.05) is 5.32 Å². The van der Waals surface area contributed by atoms with Crippen molar-refractivity contribution in [3.05, 3.63) is 97.2 Å². The zero-order valence-electron chi connectivity index (χ0n) is 15.1. The lowest BCUT2D eigenvalue weighted by atomic mass is 10.1. The molecule has 3 aromatic carbocycles. The summed E-state index contributed by atoms with van der Waals surface area (Å²) in [4.78, 5) is 12.5. The Bertz CT molecular complexity index is 1190. The Labute approximate surface area is 162 Å². The highest BCUT2D eigenvalue weighted by molar-refractivity contribution is 5.80. The number of aromatic nitrogens is 3. The quantitative estimate of drug-likeness (QED) is 0.410. The molecule has 2 heterocycles. The number of hydrogen-bond donors (Lipinski definition) is 2. The van der Waals surface area contributed by atoms with Gasteiger partial charge in [-0.05, 0) is 48.5 Å². The van der Waals surface area contributed by atoms with Crippen LogP contribution in [-0.2, 0) is 0 Å². The van der Waals surface area contributed by atoms with Gasteiger partial charge in [0.1, 0.15) is 5.82 Å². The van der Waals surface area contributed by atoms with Crippen molar-refractivity contribution < 1.29 is 0 Å². The highest BCUT2D eigenvalue weighted by Gasteiger charge is 2.06. The smallest absolute Gasteiger partial charge is 0.138 e. The van der Waals surface area contributed by atoms with Gasteiger partial charge in [0, 0.05) is 28.7 Å². The van der Waals surface area contributed by atoms with E-state index < -0.39 is 0 Å². The van der Waals surface area contributed by atoms with Crippen molar-refractivity contribution in [3.8, 4) is 22.6 Å². The van der Waals surface area contributed by atoms with Crippen LogP contribution in [0.5, 0.6) is 0 Å². The number of nitrogens with zero attached hydrogens (tertiary/aromatic N) is 2. The Morgan fingerprint density at radius 3 is 2.36 bits per heavy atom. The fourth-order valence-electron chi connectivity index (χ4n) is 3.26. The Balaban J connectivity index is 1.39. The summed E-state index contributed by atoms with van der Waals surface area (Å²) in [5.41, 5.74) is 7.18. The summed E-state index contributed by atoms with van der Waals surface area (Å²) in [5, 5.41) is 3.46. The van der Waals surface area contributed by atoms with Crippen LogP contribution in [0.4, 0.5) is 11.4 Å². The van der Waals surface area contributed by atoms with Crippen LogP contribution in [0.2, 0.25) is 0 Å². The van der Waals surface area contributed by atoms with Gasteiger partial charge < -0.3 is 10.3 Å². The van der Waals surface area contributed by atoms with Crippen LogP contribution < -0.4 is 5.32 Å². The normalized spacial score (nSPS) is 10.9. The van der Waals surface area contributed by atoms with Crippen LogP contribution in [0, 0.1) is 0 Å². The third-order valence-electron chi connectivity index (χ3n) is 4.66. The first-order chi connectivity index (χ1) is 13.8.